The van der Waals surface area contributed by atoms with Gasteiger partial charge in [0.2, 0.25) is 12.6 Å². The summed E-state index contributed by atoms with van der Waals surface area (Å²) in [5.41, 5.74) is 0. The van der Waals surface area contributed by atoms with Crippen LogP contribution in [0.2, 0.25) is 0 Å². The summed E-state index contributed by atoms with van der Waals surface area (Å²) in [6.45, 7) is 2.88. The highest BCUT2D eigenvalue weighted by Gasteiger charge is 2.81. The molecule has 1 fully saturated rings. The van der Waals surface area contributed by atoms with Gasteiger partial charge in [-0.25, -0.2) is 0 Å². The molecule has 0 amide bonds. The minimum atomic E-state index is -3.97. The summed E-state index contributed by atoms with van der Waals surface area (Å²) in [5.74, 6) is -16.8. The van der Waals surface area contributed by atoms with E-state index in [-0.39, 0.29) is 17.0 Å². The summed E-state index contributed by atoms with van der Waals surface area (Å²) in [6.07, 6.45) is -7.91. The van der Waals surface area contributed by atoms with Gasteiger partial charge in [-0.3, -0.25) is 19.2 Å². The van der Waals surface area contributed by atoms with E-state index in [1.54, 1.807) is 0 Å². The number of aliphatic hydroxyl groups is 5. The predicted molar refractivity (Wildman–Crippen MR) is 89.1 cm³/mol. The fraction of sp³-hybridized carbons (Fsp3) is 0.714. The molecule has 1 aliphatic heterocycles. The Hall–Kier alpha value is -1.88. The molecular formula is C14H21BrO14. The van der Waals surface area contributed by atoms with E-state index in [1.165, 1.54) is 0 Å². The number of ether oxygens (including phenoxy) is 5. The molecule has 1 saturated heterocycles. The van der Waals surface area contributed by atoms with Gasteiger partial charge in [0, 0.05) is 27.7 Å². The van der Waals surface area contributed by atoms with Gasteiger partial charge in [0.1, 0.15) is 0 Å². The van der Waals surface area contributed by atoms with Gasteiger partial charge < -0.3 is 49.2 Å². The molecule has 0 aromatic heterocycles. The molecule has 168 valence electrons. The molecule has 15 heteroatoms. The molecule has 0 radical (unpaired) electrons. The first kappa shape index (κ1) is 27.1. The first-order valence-electron chi connectivity index (χ1n) is 7.55. The third-order valence-electron chi connectivity index (χ3n) is 3.40. The number of carbonyl (C=O) groups excluding carboxylic acids is 4. The van der Waals surface area contributed by atoms with Crippen LogP contribution in [0.25, 0.3) is 0 Å². The monoisotopic (exact) mass is 492 g/mol. The number of hydrogen-bond donors (Lipinski definition) is 5. The first-order chi connectivity index (χ1) is 12.6. The number of halogens is 1. The van der Waals surface area contributed by atoms with E-state index in [2.05, 4.69) is 23.7 Å². The smallest absolute Gasteiger partial charge is 0.352 e. The highest BCUT2D eigenvalue weighted by atomic mass is 79.9. The van der Waals surface area contributed by atoms with Crippen LogP contribution in [0.1, 0.15) is 27.7 Å². The molecule has 6 atom stereocenters. The Bertz CT molecular complexity index is 669. The van der Waals surface area contributed by atoms with E-state index in [1.807, 2.05) is 0 Å². The van der Waals surface area contributed by atoms with Crippen molar-refractivity contribution in [2.75, 3.05) is 0 Å². The van der Waals surface area contributed by atoms with Crippen LogP contribution in [0.15, 0.2) is 0 Å². The maximum atomic E-state index is 11.5. The van der Waals surface area contributed by atoms with E-state index in [9.17, 15) is 44.7 Å². The second-order valence-electron chi connectivity index (χ2n) is 5.73. The molecule has 0 aromatic rings. The molecule has 0 spiro atoms. The van der Waals surface area contributed by atoms with Crippen LogP contribution in [0.3, 0.4) is 0 Å². The molecule has 1 rings (SSSR count). The topological polar surface area (TPSA) is 216 Å². The van der Waals surface area contributed by atoms with Gasteiger partial charge in [-0.1, -0.05) is 0 Å². The lowest BCUT2D eigenvalue weighted by molar-refractivity contribution is -0.538. The normalized spacial score (nSPS) is 34.8. The van der Waals surface area contributed by atoms with E-state index >= 15 is 0 Å². The minimum Gasteiger partial charge on any atom is -0.433 e. The average molecular weight is 493 g/mol. The van der Waals surface area contributed by atoms with Crippen molar-refractivity contribution in [3.63, 3.8) is 0 Å². The zero-order chi connectivity index (χ0) is 22.1. The molecule has 1 unspecified atom stereocenters. The minimum absolute atomic E-state index is 0. The third-order valence-corrected chi connectivity index (χ3v) is 3.40. The summed E-state index contributed by atoms with van der Waals surface area (Å²) < 4.78 is 22.3. The molecule has 5 N–H and O–H groups in total. The fourth-order valence-electron chi connectivity index (χ4n) is 2.47. The Labute approximate surface area is 173 Å². The highest BCUT2D eigenvalue weighted by molar-refractivity contribution is 8.93. The Morgan fingerprint density at radius 3 is 1.62 bits per heavy atom. The number of esters is 4. The lowest BCUT2D eigenvalue weighted by atomic mass is 9.86. The van der Waals surface area contributed by atoms with Gasteiger partial charge in [0.15, 0.2) is 6.10 Å². The van der Waals surface area contributed by atoms with Gasteiger partial charge >= 0.3 is 41.2 Å². The van der Waals surface area contributed by atoms with Crippen molar-refractivity contribution in [2.24, 2.45) is 0 Å². The van der Waals surface area contributed by atoms with Crippen LogP contribution in [0.4, 0.5) is 0 Å². The first-order valence-corrected chi connectivity index (χ1v) is 7.55. The van der Waals surface area contributed by atoms with Gasteiger partial charge in [0.25, 0.3) is 0 Å². The van der Waals surface area contributed by atoms with E-state index in [0.29, 0.717) is 20.8 Å². The van der Waals surface area contributed by atoms with Crippen molar-refractivity contribution < 1.29 is 68.4 Å². The molecule has 0 aliphatic carbocycles. The summed E-state index contributed by atoms with van der Waals surface area (Å²) in [4.78, 5) is 45.3. The van der Waals surface area contributed by atoms with Crippen LogP contribution in [-0.2, 0) is 42.9 Å². The van der Waals surface area contributed by atoms with Crippen LogP contribution in [0.5, 0.6) is 0 Å². The lowest BCUT2D eigenvalue weighted by Gasteiger charge is -2.55. The Morgan fingerprint density at radius 2 is 1.24 bits per heavy atom. The quantitative estimate of drug-likeness (QED) is 0.146. The fourth-order valence-corrected chi connectivity index (χ4v) is 2.47. The molecule has 14 nitrogen and oxygen atoms in total. The number of carbonyl (C=O) groups is 4. The van der Waals surface area contributed by atoms with Crippen molar-refractivity contribution >= 4 is 40.9 Å². The molecule has 1 aliphatic rings. The molecule has 0 bridgehead atoms. The third kappa shape index (κ3) is 5.00. The van der Waals surface area contributed by atoms with Gasteiger partial charge in [-0.05, 0) is 0 Å². The average Bonchev–Trinajstić information content (AvgIpc) is 2.47. The van der Waals surface area contributed by atoms with Crippen molar-refractivity contribution in [3.05, 3.63) is 0 Å². The van der Waals surface area contributed by atoms with Crippen LogP contribution >= 0.6 is 17.0 Å². The van der Waals surface area contributed by atoms with Gasteiger partial charge in [0.05, 0.1) is 0 Å². The largest absolute Gasteiger partial charge is 0.433 e. The Balaban J connectivity index is 0.00000784. The lowest BCUT2D eigenvalue weighted by Crippen LogP contribution is -2.84. The summed E-state index contributed by atoms with van der Waals surface area (Å²) in [5, 5.41) is 52.1. The maximum Gasteiger partial charge on any atom is 0.352 e. The number of aliphatic hydroxyl groups excluding tert-OH is 2. The van der Waals surface area contributed by atoms with Crippen molar-refractivity contribution in [3.8, 4) is 0 Å². The molecular weight excluding hydrogens is 472 g/mol. The zero-order valence-electron chi connectivity index (χ0n) is 15.6. The van der Waals surface area contributed by atoms with E-state index in [0.717, 1.165) is 6.92 Å². The molecule has 29 heavy (non-hydrogen) atoms. The van der Waals surface area contributed by atoms with E-state index in [4.69, 9.17) is 0 Å². The summed E-state index contributed by atoms with van der Waals surface area (Å²) in [6, 6.07) is 0. The standard InChI is InChI=1S/C14H20O14.BrH/c1-5(15)24-10(19)9-12(21,26-6(2)16)14(23,28-8(4)18)13(22,11(20)25-9)27-7(3)17;/h9-11,19-23H,1-4H3;1H/t9-,10?,11+,12+,13-,14-;/m1./s1. The van der Waals surface area contributed by atoms with Crippen LogP contribution in [0, 0.1) is 0 Å². The second kappa shape index (κ2) is 9.29. The van der Waals surface area contributed by atoms with Crippen LogP contribution < -0.4 is 0 Å². The Kier molecular flexibility index (Phi) is 8.69. The summed E-state index contributed by atoms with van der Waals surface area (Å²) >= 11 is 0. The molecule has 0 aromatic carbocycles. The van der Waals surface area contributed by atoms with Crippen molar-refractivity contribution in [2.45, 2.75) is 63.7 Å². The number of hydrogen-bond acceptors (Lipinski definition) is 14. The summed E-state index contributed by atoms with van der Waals surface area (Å²) in [7, 11) is 0. The van der Waals surface area contributed by atoms with Crippen LogP contribution in [-0.4, -0.2) is 85.5 Å². The Morgan fingerprint density at radius 1 is 0.828 bits per heavy atom. The van der Waals surface area contributed by atoms with E-state index < -0.39 is 59.9 Å². The second-order valence-corrected chi connectivity index (χ2v) is 5.73. The molecule has 0 saturated carbocycles. The maximum absolute atomic E-state index is 11.5. The van der Waals surface area contributed by atoms with Crippen molar-refractivity contribution in [1.82, 2.24) is 0 Å². The predicted octanol–water partition coefficient (Wildman–Crippen LogP) is -3.08. The number of rotatable bonds is 5. The van der Waals surface area contributed by atoms with Crippen molar-refractivity contribution in [1.29, 1.82) is 0 Å². The molecule has 1 heterocycles. The highest BCUT2D eigenvalue weighted by Crippen LogP contribution is 2.47. The zero-order valence-corrected chi connectivity index (χ0v) is 17.3. The SMILES string of the molecule is Br.CC(=O)OC(O)[C@H]1O[C@H](O)[C@@](O)(OC(C)=O)[C@](O)(OC(C)=O)[C@@]1(O)OC(C)=O. The van der Waals surface area contributed by atoms with Gasteiger partial charge in [-0.2, -0.15) is 0 Å². The van der Waals surface area contributed by atoms with Gasteiger partial charge in [-0.15, -0.1) is 17.0 Å².